The van der Waals surface area contributed by atoms with Gasteiger partial charge in [-0.15, -0.1) is 0 Å². The van der Waals surface area contributed by atoms with Crippen molar-refractivity contribution < 1.29 is 13.5 Å². The van der Waals surface area contributed by atoms with Gasteiger partial charge < -0.3 is 8.98 Å². The summed E-state index contributed by atoms with van der Waals surface area (Å²) < 4.78 is 27.3. The van der Waals surface area contributed by atoms with Crippen LogP contribution in [0.15, 0.2) is 25.9 Å². The second kappa shape index (κ2) is 5.44. The van der Waals surface area contributed by atoms with Gasteiger partial charge in [0.15, 0.2) is 5.58 Å². The van der Waals surface area contributed by atoms with E-state index in [4.69, 9.17) is 4.42 Å². The molecule has 0 spiro atoms. The van der Waals surface area contributed by atoms with Gasteiger partial charge in [0.05, 0.1) is 27.9 Å². The molecule has 0 unspecified atom stereocenters. The molecule has 0 aliphatic carbocycles. The van der Waals surface area contributed by atoms with Crippen LogP contribution in [0.1, 0.15) is 5.76 Å². The fraction of sp³-hybridized carbons (Fsp3) is 0.462. The lowest BCUT2D eigenvalue weighted by Crippen LogP contribution is -2.37. The molecule has 6 nitrogen and oxygen atoms in total. The number of furan rings is 1. The fourth-order valence-corrected chi connectivity index (χ4v) is 4.38. The van der Waals surface area contributed by atoms with E-state index in [0.717, 1.165) is 4.47 Å². The Morgan fingerprint density at radius 2 is 2.05 bits per heavy atom. The van der Waals surface area contributed by atoms with Crippen LogP contribution in [0, 0.1) is 0 Å². The molecule has 3 rings (SSSR count). The predicted molar refractivity (Wildman–Crippen MR) is 87.0 cm³/mol. The van der Waals surface area contributed by atoms with Crippen LogP contribution in [0.25, 0.3) is 11.0 Å². The maximum absolute atomic E-state index is 12.1. The summed E-state index contributed by atoms with van der Waals surface area (Å²) in [6.45, 7) is 1.82. The van der Waals surface area contributed by atoms with E-state index in [0.29, 0.717) is 47.9 Å². The van der Waals surface area contributed by atoms with E-state index < -0.39 is 10.6 Å². The number of fused-ring (bicyclic) bond motifs is 1. The Labute approximate surface area is 131 Å². The summed E-state index contributed by atoms with van der Waals surface area (Å²) in [6.07, 6.45) is 1.69. The highest BCUT2D eigenvalue weighted by atomic mass is 79.9. The number of pyridine rings is 1. The first-order valence-corrected chi connectivity index (χ1v) is 9.27. The van der Waals surface area contributed by atoms with Crippen molar-refractivity contribution in [2.24, 2.45) is 7.05 Å². The van der Waals surface area contributed by atoms with Crippen molar-refractivity contribution >= 4 is 37.5 Å². The van der Waals surface area contributed by atoms with Crippen molar-refractivity contribution in [3.8, 4) is 0 Å². The first-order chi connectivity index (χ1) is 9.85. The van der Waals surface area contributed by atoms with E-state index in [1.165, 1.54) is 4.57 Å². The van der Waals surface area contributed by atoms with Gasteiger partial charge in [-0.1, -0.05) is 0 Å². The predicted octanol–water partition coefficient (Wildman–Crippen LogP) is 2.46. The van der Waals surface area contributed by atoms with Crippen molar-refractivity contribution in [2.45, 2.75) is 6.54 Å². The lowest BCUT2D eigenvalue weighted by Gasteiger charge is -2.40. The molecule has 0 saturated carbocycles. The number of halogens is 1. The molecule has 0 radical (unpaired) electrons. The summed E-state index contributed by atoms with van der Waals surface area (Å²) >= 11 is 3.41. The smallest absolute Gasteiger partial charge is 0.261 e. The Hall–Kier alpha value is -0.800. The van der Waals surface area contributed by atoms with Gasteiger partial charge in [-0.3, -0.25) is 18.8 Å². The van der Waals surface area contributed by atoms with Crippen LogP contribution in [0.3, 0.4) is 0 Å². The first kappa shape index (κ1) is 15.1. The standard InChI is InChI=1S/C13H17BrN2O4S/c1-15-8-11(14)12-10(13(15)17)6-9(20-12)7-16-2-4-21(18,19)5-3-16/h6,8,18-19H,2-5,7H2,1H3. The largest absolute Gasteiger partial charge is 0.458 e. The summed E-state index contributed by atoms with van der Waals surface area (Å²) in [4.78, 5) is 14.2. The van der Waals surface area contributed by atoms with Crippen LogP contribution in [0.2, 0.25) is 0 Å². The Morgan fingerprint density at radius 1 is 1.38 bits per heavy atom. The molecular formula is C13H17BrN2O4S. The third-order valence-electron chi connectivity index (χ3n) is 3.71. The molecular weight excluding hydrogens is 360 g/mol. The zero-order chi connectivity index (χ0) is 15.2. The quantitative estimate of drug-likeness (QED) is 0.841. The van der Waals surface area contributed by atoms with Crippen LogP contribution in [0.5, 0.6) is 0 Å². The minimum Gasteiger partial charge on any atom is -0.458 e. The molecule has 0 atom stereocenters. The first-order valence-electron chi connectivity index (χ1n) is 6.59. The lowest BCUT2D eigenvalue weighted by atomic mass is 10.3. The van der Waals surface area contributed by atoms with Crippen molar-refractivity contribution in [3.63, 3.8) is 0 Å². The Morgan fingerprint density at radius 3 is 2.71 bits per heavy atom. The Balaban J connectivity index is 1.84. The number of aromatic nitrogens is 1. The van der Waals surface area contributed by atoms with Crippen LogP contribution >= 0.6 is 26.5 Å². The van der Waals surface area contributed by atoms with Gasteiger partial charge in [-0.05, 0) is 22.0 Å². The van der Waals surface area contributed by atoms with Crippen molar-refractivity contribution in [2.75, 3.05) is 24.6 Å². The molecule has 8 heteroatoms. The number of aryl methyl sites for hydroxylation is 1. The van der Waals surface area contributed by atoms with E-state index in [-0.39, 0.29) is 5.56 Å². The van der Waals surface area contributed by atoms with E-state index in [9.17, 15) is 13.9 Å². The second-order valence-corrected chi connectivity index (χ2v) is 8.61. The average Bonchev–Trinajstić information content (AvgIpc) is 2.83. The summed E-state index contributed by atoms with van der Waals surface area (Å²) in [5.41, 5.74) is 0.477. The van der Waals surface area contributed by atoms with Crippen LogP contribution in [0.4, 0.5) is 0 Å². The maximum atomic E-state index is 12.1. The molecule has 0 amide bonds. The molecule has 2 aromatic heterocycles. The molecule has 1 aliphatic heterocycles. The lowest BCUT2D eigenvalue weighted by molar-refractivity contribution is 0.258. The number of rotatable bonds is 2. The topological polar surface area (TPSA) is 78.8 Å². The van der Waals surface area contributed by atoms with E-state index in [1.807, 2.05) is 0 Å². The van der Waals surface area contributed by atoms with Crippen molar-refractivity contribution in [1.82, 2.24) is 9.47 Å². The fourth-order valence-electron chi connectivity index (χ4n) is 2.48. The Kier molecular flexibility index (Phi) is 3.91. The number of hydrogen-bond acceptors (Lipinski definition) is 5. The van der Waals surface area contributed by atoms with E-state index in [1.54, 1.807) is 19.3 Å². The maximum Gasteiger partial charge on any atom is 0.261 e. The summed E-state index contributed by atoms with van der Waals surface area (Å²) in [7, 11) is -0.682. The summed E-state index contributed by atoms with van der Waals surface area (Å²) in [6, 6.07) is 1.77. The van der Waals surface area contributed by atoms with Gasteiger partial charge in [-0.2, -0.15) is 10.6 Å². The SMILES string of the molecule is Cn1cc(Br)c2oc(CN3CCS(O)(O)CC3)cc2c1=O. The van der Waals surface area contributed by atoms with Crippen LogP contribution in [-0.2, 0) is 13.6 Å². The average molecular weight is 377 g/mol. The third kappa shape index (κ3) is 3.04. The highest BCUT2D eigenvalue weighted by molar-refractivity contribution is 9.10. The van der Waals surface area contributed by atoms with Crippen molar-refractivity contribution in [1.29, 1.82) is 0 Å². The molecule has 1 aliphatic rings. The molecule has 2 aromatic rings. The number of nitrogens with zero attached hydrogens (tertiary/aromatic N) is 2. The summed E-state index contributed by atoms with van der Waals surface area (Å²) in [5.74, 6) is 1.52. The monoisotopic (exact) mass is 376 g/mol. The molecule has 1 fully saturated rings. The van der Waals surface area contributed by atoms with Gasteiger partial charge in [0, 0.05) is 26.3 Å². The zero-order valence-electron chi connectivity index (χ0n) is 11.6. The molecule has 0 aromatic carbocycles. The molecule has 21 heavy (non-hydrogen) atoms. The Bertz CT molecular complexity index is 730. The van der Waals surface area contributed by atoms with Gasteiger partial charge in [0.2, 0.25) is 0 Å². The minimum atomic E-state index is -2.38. The molecule has 2 N–H and O–H groups in total. The third-order valence-corrected chi connectivity index (χ3v) is 5.94. The van der Waals surface area contributed by atoms with Crippen LogP contribution in [-0.4, -0.2) is 43.2 Å². The summed E-state index contributed by atoms with van der Waals surface area (Å²) in [5, 5.41) is 0.558. The normalized spacial score (nSPS) is 20.8. The zero-order valence-corrected chi connectivity index (χ0v) is 14.0. The molecule has 3 heterocycles. The highest BCUT2D eigenvalue weighted by Crippen LogP contribution is 2.40. The highest BCUT2D eigenvalue weighted by Gasteiger charge is 2.23. The van der Waals surface area contributed by atoms with Crippen LogP contribution < -0.4 is 5.56 Å². The van der Waals surface area contributed by atoms with Gasteiger partial charge in [-0.25, -0.2) is 0 Å². The van der Waals surface area contributed by atoms with Gasteiger partial charge in [0.25, 0.3) is 5.56 Å². The van der Waals surface area contributed by atoms with Gasteiger partial charge >= 0.3 is 0 Å². The van der Waals surface area contributed by atoms with Gasteiger partial charge in [0.1, 0.15) is 5.76 Å². The van der Waals surface area contributed by atoms with E-state index >= 15 is 0 Å². The van der Waals surface area contributed by atoms with Crippen molar-refractivity contribution in [3.05, 3.63) is 32.8 Å². The minimum absolute atomic E-state index is 0.0870. The number of hydrogen-bond donors (Lipinski definition) is 2. The second-order valence-electron chi connectivity index (χ2n) is 5.34. The molecule has 1 saturated heterocycles. The molecule has 0 bridgehead atoms. The molecule has 116 valence electrons. The van der Waals surface area contributed by atoms with E-state index in [2.05, 4.69) is 20.8 Å².